The van der Waals surface area contributed by atoms with Crippen molar-refractivity contribution in [2.45, 2.75) is 13.1 Å². The average molecular weight is 295 g/mol. The quantitative estimate of drug-likeness (QED) is 0.880. The molecule has 110 valence electrons. The zero-order chi connectivity index (χ0) is 15.6. The van der Waals surface area contributed by atoms with E-state index in [-0.39, 0.29) is 17.0 Å². The summed E-state index contributed by atoms with van der Waals surface area (Å²) in [6.45, 7) is 1.69. The minimum atomic E-state index is -4.41. The highest BCUT2D eigenvalue weighted by Crippen LogP contribution is 2.30. The van der Waals surface area contributed by atoms with Gasteiger partial charge in [-0.05, 0) is 48.9 Å². The smallest absolute Gasteiger partial charge is 0.416 e. The molecule has 0 unspecified atom stereocenters. The molecule has 0 saturated heterocycles. The molecule has 1 amide bonds. The van der Waals surface area contributed by atoms with E-state index in [4.69, 9.17) is 0 Å². The summed E-state index contributed by atoms with van der Waals surface area (Å²) in [6.07, 6.45) is -4.41. The van der Waals surface area contributed by atoms with Crippen molar-refractivity contribution in [2.24, 2.45) is 0 Å². The van der Waals surface area contributed by atoms with Gasteiger partial charge in [-0.3, -0.25) is 4.79 Å². The Kier molecular flexibility index (Phi) is 3.88. The van der Waals surface area contributed by atoms with Gasteiger partial charge in [0.25, 0.3) is 5.91 Å². The number of rotatable bonds is 2. The Bertz CT molecular complexity index is 664. The molecule has 21 heavy (non-hydrogen) atoms. The van der Waals surface area contributed by atoms with Crippen LogP contribution < -0.4 is 5.32 Å². The third kappa shape index (κ3) is 3.53. The van der Waals surface area contributed by atoms with Crippen LogP contribution in [0.25, 0.3) is 0 Å². The van der Waals surface area contributed by atoms with E-state index in [1.165, 1.54) is 24.3 Å². The number of alkyl halides is 3. The van der Waals surface area contributed by atoms with Gasteiger partial charge in [0.2, 0.25) is 0 Å². The number of anilines is 1. The number of amides is 1. The summed E-state index contributed by atoms with van der Waals surface area (Å²) in [5, 5.41) is 12.0. The van der Waals surface area contributed by atoms with Gasteiger partial charge in [-0.1, -0.05) is 6.07 Å². The molecule has 0 aliphatic heterocycles. The van der Waals surface area contributed by atoms with E-state index in [1.54, 1.807) is 13.0 Å². The first kappa shape index (κ1) is 14.9. The van der Waals surface area contributed by atoms with Gasteiger partial charge in [-0.25, -0.2) is 0 Å². The van der Waals surface area contributed by atoms with Crippen LogP contribution in [0.2, 0.25) is 0 Å². The van der Waals surface area contributed by atoms with Crippen LogP contribution in [0.5, 0.6) is 5.75 Å². The number of carbonyl (C=O) groups is 1. The van der Waals surface area contributed by atoms with E-state index in [2.05, 4.69) is 5.32 Å². The maximum atomic E-state index is 12.4. The van der Waals surface area contributed by atoms with Crippen molar-refractivity contribution in [2.75, 3.05) is 5.32 Å². The number of nitrogens with one attached hydrogen (secondary N) is 1. The molecule has 0 fully saturated rings. The molecule has 0 spiro atoms. The number of benzene rings is 2. The Morgan fingerprint density at radius 2 is 1.71 bits per heavy atom. The molecule has 2 aromatic carbocycles. The Morgan fingerprint density at radius 3 is 2.24 bits per heavy atom. The van der Waals surface area contributed by atoms with Gasteiger partial charge < -0.3 is 10.4 Å². The normalized spacial score (nSPS) is 11.2. The van der Waals surface area contributed by atoms with E-state index in [0.29, 0.717) is 5.56 Å². The lowest BCUT2D eigenvalue weighted by Crippen LogP contribution is -2.12. The minimum Gasteiger partial charge on any atom is -0.508 e. The van der Waals surface area contributed by atoms with Crippen molar-refractivity contribution in [3.8, 4) is 5.75 Å². The number of phenols is 1. The molecule has 0 radical (unpaired) electrons. The summed E-state index contributed by atoms with van der Waals surface area (Å²) in [5.74, 6) is -0.528. The molecule has 0 bridgehead atoms. The number of aromatic hydroxyl groups is 1. The molecule has 0 atom stereocenters. The lowest BCUT2D eigenvalue weighted by Gasteiger charge is -2.09. The summed E-state index contributed by atoms with van der Waals surface area (Å²) >= 11 is 0. The lowest BCUT2D eigenvalue weighted by atomic mass is 10.1. The van der Waals surface area contributed by atoms with Crippen LogP contribution >= 0.6 is 0 Å². The first-order chi connectivity index (χ1) is 9.77. The summed E-state index contributed by atoms with van der Waals surface area (Å²) in [6, 6.07) is 8.54. The van der Waals surface area contributed by atoms with Gasteiger partial charge in [-0.2, -0.15) is 13.2 Å². The second kappa shape index (κ2) is 5.47. The van der Waals surface area contributed by atoms with Crippen molar-refractivity contribution >= 4 is 11.6 Å². The second-order valence-electron chi connectivity index (χ2n) is 4.53. The standard InChI is InChI=1S/C15H12F3NO2/c1-9-2-3-10(8-13(9)20)14(21)19-12-6-4-11(5-7-12)15(16,17)18/h2-8,20H,1H3,(H,19,21). The summed E-state index contributed by atoms with van der Waals surface area (Å²) < 4.78 is 37.2. The first-order valence-corrected chi connectivity index (χ1v) is 6.05. The lowest BCUT2D eigenvalue weighted by molar-refractivity contribution is -0.137. The maximum Gasteiger partial charge on any atom is 0.416 e. The minimum absolute atomic E-state index is 0.0185. The van der Waals surface area contributed by atoms with Crippen molar-refractivity contribution in [3.63, 3.8) is 0 Å². The number of hydrogen-bond acceptors (Lipinski definition) is 2. The number of hydrogen-bond donors (Lipinski definition) is 2. The Balaban J connectivity index is 2.14. The molecular weight excluding hydrogens is 283 g/mol. The zero-order valence-corrected chi connectivity index (χ0v) is 11.0. The number of halogens is 3. The summed E-state index contributed by atoms with van der Waals surface area (Å²) in [7, 11) is 0. The van der Waals surface area contributed by atoms with Crippen LogP contribution in [0.1, 0.15) is 21.5 Å². The maximum absolute atomic E-state index is 12.4. The van der Waals surface area contributed by atoms with E-state index in [1.807, 2.05) is 0 Å². The Labute approximate surface area is 119 Å². The molecule has 3 nitrogen and oxygen atoms in total. The largest absolute Gasteiger partial charge is 0.508 e. The van der Waals surface area contributed by atoms with Crippen molar-refractivity contribution < 1.29 is 23.1 Å². The monoisotopic (exact) mass is 295 g/mol. The Hall–Kier alpha value is -2.50. The third-order valence-corrected chi connectivity index (χ3v) is 2.94. The van der Waals surface area contributed by atoms with E-state index >= 15 is 0 Å². The molecule has 2 aromatic rings. The fraction of sp³-hybridized carbons (Fsp3) is 0.133. The number of aryl methyl sites for hydroxylation is 1. The molecule has 2 N–H and O–H groups in total. The van der Waals surface area contributed by atoms with E-state index < -0.39 is 17.6 Å². The third-order valence-electron chi connectivity index (χ3n) is 2.94. The molecule has 0 aliphatic carbocycles. The molecule has 2 rings (SSSR count). The SMILES string of the molecule is Cc1ccc(C(=O)Nc2ccc(C(F)(F)F)cc2)cc1O. The highest BCUT2D eigenvalue weighted by molar-refractivity contribution is 6.04. The van der Waals surface area contributed by atoms with E-state index in [0.717, 1.165) is 12.1 Å². The van der Waals surface area contributed by atoms with Gasteiger partial charge in [-0.15, -0.1) is 0 Å². The zero-order valence-electron chi connectivity index (χ0n) is 11.0. The van der Waals surface area contributed by atoms with Crippen molar-refractivity contribution in [1.82, 2.24) is 0 Å². The fourth-order valence-corrected chi connectivity index (χ4v) is 1.70. The first-order valence-electron chi connectivity index (χ1n) is 6.05. The molecule has 0 aromatic heterocycles. The molecule has 0 heterocycles. The van der Waals surface area contributed by atoms with Crippen LogP contribution in [0, 0.1) is 6.92 Å². The van der Waals surface area contributed by atoms with Crippen LogP contribution in [0.3, 0.4) is 0 Å². The summed E-state index contributed by atoms with van der Waals surface area (Å²) in [5.41, 5.74) is 0.306. The van der Waals surface area contributed by atoms with Crippen molar-refractivity contribution in [1.29, 1.82) is 0 Å². The molecular formula is C15H12F3NO2. The number of phenolic OH excluding ortho intramolecular Hbond substituents is 1. The van der Waals surface area contributed by atoms with Gasteiger partial charge in [0.1, 0.15) is 5.75 Å². The van der Waals surface area contributed by atoms with Gasteiger partial charge >= 0.3 is 6.18 Å². The highest BCUT2D eigenvalue weighted by Gasteiger charge is 2.29. The summed E-state index contributed by atoms with van der Waals surface area (Å²) in [4.78, 5) is 11.9. The molecule has 0 saturated carbocycles. The van der Waals surface area contributed by atoms with E-state index in [9.17, 15) is 23.1 Å². The van der Waals surface area contributed by atoms with Crippen LogP contribution in [0.15, 0.2) is 42.5 Å². The highest BCUT2D eigenvalue weighted by atomic mass is 19.4. The Morgan fingerprint density at radius 1 is 1.10 bits per heavy atom. The fourth-order valence-electron chi connectivity index (χ4n) is 1.70. The van der Waals surface area contributed by atoms with Crippen LogP contribution in [-0.2, 0) is 6.18 Å². The predicted octanol–water partition coefficient (Wildman–Crippen LogP) is 3.97. The van der Waals surface area contributed by atoms with Crippen LogP contribution in [-0.4, -0.2) is 11.0 Å². The van der Waals surface area contributed by atoms with Crippen molar-refractivity contribution in [3.05, 3.63) is 59.2 Å². The van der Waals surface area contributed by atoms with Gasteiger partial charge in [0.15, 0.2) is 0 Å². The van der Waals surface area contributed by atoms with Crippen LogP contribution in [0.4, 0.5) is 18.9 Å². The van der Waals surface area contributed by atoms with Gasteiger partial charge in [0, 0.05) is 11.3 Å². The average Bonchev–Trinajstić information content (AvgIpc) is 2.41. The topological polar surface area (TPSA) is 49.3 Å². The second-order valence-corrected chi connectivity index (χ2v) is 4.53. The van der Waals surface area contributed by atoms with Gasteiger partial charge in [0.05, 0.1) is 5.56 Å². The molecule has 0 aliphatic rings. The molecule has 6 heteroatoms. The number of carbonyl (C=O) groups excluding carboxylic acids is 1. The predicted molar refractivity (Wildman–Crippen MR) is 72.2 cm³/mol.